The fourth-order valence-electron chi connectivity index (χ4n) is 2.30. The third-order valence-electron chi connectivity index (χ3n) is 3.89. The Bertz CT molecular complexity index is 878. The maximum absolute atomic E-state index is 12.3. The number of halogens is 3. The van der Waals surface area contributed by atoms with Gasteiger partial charge in [0.2, 0.25) is 11.9 Å². The number of carbonyl (C=O) groups is 2. The third-order valence-corrected chi connectivity index (χ3v) is 4.18. The van der Waals surface area contributed by atoms with E-state index < -0.39 is 18.9 Å². The molecule has 1 saturated carbocycles. The van der Waals surface area contributed by atoms with Crippen molar-refractivity contribution >= 4 is 29.4 Å². The fourth-order valence-corrected chi connectivity index (χ4v) is 2.56. The summed E-state index contributed by atoms with van der Waals surface area (Å²) < 4.78 is 29.3. The maximum Gasteiger partial charge on any atom is 0.272 e. The first-order chi connectivity index (χ1) is 13.4. The second-order valence-electron chi connectivity index (χ2n) is 6.18. The number of ether oxygens (including phenoxy) is 1. The lowest BCUT2D eigenvalue weighted by molar-refractivity contribution is -0.117. The Morgan fingerprint density at radius 1 is 1.29 bits per heavy atom. The molecule has 148 valence electrons. The summed E-state index contributed by atoms with van der Waals surface area (Å²) in [6, 6.07) is 6.01. The molecule has 10 heteroatoms. The van der Waals surface area contributed by atoms with Gasteiger partial charge < -0.3 is 10.1 Å². The van der Waals surface area contributed by atoms with Crippen LogP contribution in [-0.2, 0) is 11.3 Å². The number of hydrogen-bond donors (Lipinski definition) is 2. The number of carbonyl (C=O) groups excluding carboxylic acids is 2. The Hall–Kier alpha value is -2.81. The SMILES string of the molecule is O=C(NCc1ccc(OCC(F)F)c(Cl)c1)c1ccnc(NC(=O)C2CC2)n1. The van der Waals surface area contributed by atoms with E-state index >= 15 is 0 Å². The molecule has 0 aliphatic heterocycles. The molecule has 2 aromatic rings. The minimum absolute atomic E-state index is 0.00141. The van der Waals surface area contributed by atoms with Gasteiger partial charge in [-0.2, -0.15) is 0 Å². The van der Waals surface area contributed by atoms with Gasteiger partial charge in [-0.15, -0.1) is 0 Å². The normalized spacial score (nSPS) is 13.3. The fraction of sp³-hybridized carbons (Fsp3) is 0.333. The van der Waals surface area contributed by atoms with Crippen molar-refractivity contribution in [1.82, 2.24) is 15.3 Å². The molecule has 1 aromatic carbocycles. The van der Waals surface area contributed by atoms with Gasteiger partial charge in [-0.1, -0.05) is 17.7 Å². The first kappa shape index (κ1) is 19.9. The molecule has 28 heavy (non-hydrogen) atoms. The first-order valence-electron chi connectivity index (χ1n) is 8.54. The molecule has 0 spiro atoms. The van der Waals surface area contributed by atoms with Gasteiger partial charge in [0.25, 0.3) is 12.3 Å². The number of benzene rings is 1. The van der Waals surface area contributed by atoms with E-state index in [1.165, 1.54) is 24.4 Å². The average Bonchev–Trinajstić information content (AvgIpc) is 3.50. The first-order valence-corrected chi connectivity index (χ1v) is 8.91. The molecule has 1 fully saturated rings. The van der Waals surface area contributed by atoms with Crippen LogP contribution in [0.2, 0.25) is 5.02 Å². The summed E-state index contributed by atoms with van der Waals surface area (Å²) in [7, 11) is 0. The number of nitrogens with zero attached hydrogens (tertiary/aromatic N) is 2. The Balaban J connectivity index is 1.56. The summed E-state index contributed by atoms with van der Waals surface area (Å²) in [5.74, 6) is -0.393. The van der Waals surface area contributed by atoms with Gasteiger partial charge in [0.15, 0.2) is 0 Å². The Kier molecular flexibility index (Phi) is 6.35. The van der Waals surface area contributed by atoms with E-state index in [1.807, 2.05) is 0 Å². The van der Waals surface area contributed by atoms with Crippen LogP contribution in [0.5, 0.6) is 5.75 Å². The summed E-state index contributed by atoms with van der Waals surface area (Å²) in [5, 5.41) is 5.41. The monoisotopic (exact) mass is 410 g/mol. The minimum atomic E-state index is -2.60. The molecule has 2 amide bonds. The quantitative estimate of drug-likeness (QED) is 0.697. The molecule has 1 aromatic heterocycles. The number of anilines is 1. The van der Waals surface area contributed by atoms with E-state index in [9.17, 15) is 18.4 Å². The second-order valence-corrected chi connectivity index (χ2v) is 6.59. The second kappa shape index (κ2) is 8.92. The Morgan fingerprint density at radius 3 is 2.75 bits per heavy atom. The smallest absolute Gasteiger partial charge is 0.272 e. The molecule has 0 radical (unpaired) electrons. The Morgan fingerprint density at radius 2 is 2.07 bits per heavy atom. The van der Waals surface area contributed by atoms with E-state index in [4.69, 9.17) is 16.3 Å². The van der Waals surface area contributed by atoms with Crippen LogP contribution in [0.4, 0.5) is 14.7 Å². The Labute approximate surface area is 164 Å². The van der Waals surface area contributed by atoms with Crippen LogP contribution in [0.25, 0.3) is 0 Å². The van der Waals surface area contributed by atoms with Crippen LogP contribution in [0.3, 0.4) is 0 Å². The number of hydrogen-bond acceptors (Lipinski definition) is 5. The van der Waals surface area contributed by atoms with E-state index in [0.717, 1.165) is 12.8 Å². The number of rotatable bonds is 8. The largest absolute Gasteiger partial charge is 0.486 e. The van der Waals surface area contributed by atoms with Gasteiger partial charge in [0.05, 0.1) is 5.02 Å². The van der Waals surface area contributed by atoms with Crippen LogP contribution in [0, 0.1) is 5.92 Å². The molecule has 0 atom stereocenters. The summed E-state index contributed by atoms with van der Waals surface area (Å²) in [4.78, 5) is 32.0. The lowest BCUT2D eigenvalue weighted by Crippen LogP contribution is -2.25. The molecular weight excluding hydrogens is 394 g/mol. The van der Waals surface area contributed by atoms with Gasteiger partial charge in [-0.05, 0) is 36.6 Å². The molecule has 7 nitrogen and oxygen atoms in total. The average molecular weight is 411 g/mol. The van der Waals surface area contributed by atoms with E-state index in [1.54, 1.807) is 6.07 Å². The number of alkyl halides is 2. The zero-order chi connectivity index (χ0) is 20.1. The predicted molar refractivity (Wildman–Crippen MR) is 97.5 cm³/mol. The molecule has 0 saturated heterocycles. The van der Waals surface area contributed by atoms with Crippen molar-refractivity contribution < 1.29 is 23.1 Å². The molecule has 3 rings (SSSR count). The molecule has 0 bridgehead atoms. The van der Waals surface area contributed by atoms with Gasteiger partial charge in [-0.3, -0.25) is 14.9 Å². The van der Waals surface area contributed by atoms with Gasteiger partial charge in [0.1, 0.15) is 18.1 Å². The van der Waals surface area contributed by atoms with Crippen LogP contribution in [0.15, 0.2) is 30.5 Å². The number of nitrogens with one attached hydrogen (secondary N) is 2. The molecule has 2 N–H and O–H groups in total. The van der Waals surface area contributed by atoms with Crippen LogP contribution in [0.1, 0.15) is 28.9 Å². The zero-order valence-electron chi connectivity index (χ0n) is 14.6. The van der Waals surface area contributed by atoms with Crippen molar-refractivity contribution in [2.75, 3.05) is 11.9 Å². The summed E-state index contributed by atoms with van der Waals surface area (Å²) >= 11 is 6.00. The number of aromatic nitrogens is 2. The van der Waals surface area contributed by atoms with Crippen molar-refractivity contribution in [2.24, 2.45) is 5.92 Å². The standard InChI is InChI=1S/C18H17ClF2N4O3/c19-12-7-10(1-4-14(12)28-9-15(20)21)8-23-17(27)13-5-6-22-18(24-13)25-16(26)11-2-3-11/h1,4-7,11,15H,2-3,8-9H2,(H,23,27)(H,22,24,25,26). The van der Waals surface area contributed by atoms with Crippen molar-refractivity contribution in [2.45, 2.75) is 25.8 Å². The highest BCUT2D eigenvalue weighted by atomic mass is 35.5. The zero-order valence-corrected chi connectivity index (χ0v) is 15.4. The highest BCUT2D eigenvalue weighted by molar-refractivity contribution is 6.32. The van der Waals surface area contributed by atoms with Crippen LogP contribution in [-0.4, -0.2) is 34.8 Å². The van der Waals surface area contributed by atoms with Crippen LogP contribution >= 0.6 is 11.6 Å². The van der Waals surface area contributed by atoms with Crippen molar-refractivity contribution in [3.63, 3.8) is 0 Å². The van der Waals surface area contributed by atoms with Crippen molar-refractivity contribution in [1.29, 1.82) is 0 Å². The van der Waals surface area contributed by atoms with Gasteiger partial charge in [-0.25, -0.2) is 18.7 Å². The third kappa shape index (κ3) is 5.59. The van der Waals surface area contributed by atoms with E-state index in [-0.39, 0.29) is 40.8 Å². The maximum atomic E-state index is 12.3. The summed E-state index contributed by atoms with van der Waals surface area (Å²) in [6.07, 6.45) is 0.485. The highest BCUT2D eigenvalue weighted by Gasteiger charge is 2.30. The molecule has 1 heterocycles. The molecular formula is C18H17ClF2N4O3. The van der Waals surface area contributed by atoms with Gasteiger partial charge >= 0.3 is 0 Å². The lowest BCUT2D eigenvalue weighted by atomic mass is 10.2. The molecule has 0 unspecified atom stereocenters. The number of amides is 2. The van der Waals surface area contributed by atoms with E-state index in [2.05, 4.69) is 20.6 Å². The highest BCUT2D eigenvalue weighted by Crippen LogP contribution is 2.29. The minimum Gasteiger partial charge on any atom is -0.486 e. The predicted octanol–water partition coefficient (Wildman–Crippen LogP) is 3.05. The van der Waals surface area contributed by atoms with Crippen molar-refractivity contribution in [3.05, 3.63) is 46.7 Å². The van der Waals surface area contributed by atoms with Crippen molar-refractivity contribution in [3.8, 4) is 5.75 Å². The lowest BCUT2D eigenvalue weighted by Gasteiger charge is -2.10. The summed E-state index contributed by atoms with van der Waals surface area (Å²) in [6.45, 7) is -0.607. The molecule has 1 aliphatic carbocycles. The summed E-state index contributed by atoms with van der Waals surface area (Å²) in [5.41, 5.74) is 0.753. The topological polar surface area (TPSA) is 93.2 Å². The van der Waals surface area contributed by atoms with Crippen LogP contribution < -0.4 is 15.4 Å². The molecule has 1 aliphatic rings. The van der Waals surface area contributed by atoms with E-state index in [0.29, 0.717) is 5.56 Å². The van der Waals surface area contributed by atoms with Gasteiger partial charge in [0, 0.05) is 18.7 Å².